The second kappa shape index (κ2) is 8.14. The van der Waals surface area contributed by atoms with Crippen molar-refractivity contribution in [1.82, 2.24) is 0 Å². The Morgan fingerprint density at radius 1 is 1.22 bits per heavy atom. The summed E-state index contributed by atoms with van der Waals surface area (Å²) in [5.74, 6) is 0.424. The molecule has 1 amide bonds. The summed E-state index contributed by atoms with van der Waals surface area (Å²) < 4.78 is 5.48. The highest BCUT2D eigenvalue weighted by Crippen LogP contribution is 2.27. The smallest absolute Gasteiger partial charge is 0.294 e. The van der Waals surface area contributed by atoms with Crippen LogP contribution in [0.25, 0.3) is 0 Å². The maximum absolute atomic E-state index is 11.9. The molecule has 0 saturated heterocycles. The van der Waals surface area contributed by atoms with Gasteiger partial charge < -0.3 is 10.1 Å². The van der Waals surface area contributed by atoms with E-state index in [1.807, 2.05) is 30.3 Å². The molecule has 0 radical (unpaired) electrons. The van der Waals surface area contributed by atoms with Crippen molar-refractivity contribution >= 4 is 28.9 Å². The molecule has 120 valence electrons. The number of ether oxygens (including phenoxy) is 1. The molecule has 0 aliphatic carbocycles. The summed E-state index contributed by atoms with van der Waals surface area (Å²) in [6.07, 6.45) is 0.703. The normalized spacial score (nSPS) is 10.1. The Morgan fingerprint density at radius 3 is 2.65 bits per heavy atom. The number of nitro groups is 1. The molecule has 0 bridgehead atoms. The van der Waals surface area contributed by atoms with Crippen LogP contribution in [0, 0.1) is 10.1 Å². The molecule has 0 heterocycles. The van der Waals surface area contributed by atoms with Gasteiger partial charge >= 0.3 is 0 Å². The Hall–Kier alpha value is -2.60. The number of halogens is 1. The monoisotopic (exact) mass is 334 g/mol. The first-order chi connectivity index (χ1) is 11.1. The molecule has 2 aromatic carbocycles. The molecule has 23 heavy (non-hydrogen) atoms. The van der Waals surface area contributed by atoms with Gasteiger partial charge in [-0.1, -0.05) is 29.8 Å². The highest BCUT2D eigenvalue weighted by Gasteiger charge is 2.16. The summed E-state index contributed by atoms with van der Waals surface area (Å²) in [5, 5.41) is 13.7. The van der Waals surface area contributed by atoms with Gasteiger partial charge in [0, 0.05) is 17.5 Å². The molecule has 0 aliphatic heterocycles. The molecule has 0 atom stereocenters. The lowest BCUT2D eigenvalue weighted by molar-refractivity contribution is -0.383. The van der Waals surface area contributed by atoms with Gasteiger partial charge in [0.2, 0.25) is 5.91 Å². The number of nitrogens with one attached hydrogen (secondary N) is 1. The average Bonchev–Trinajstić information content (AvgIpc) is 2.54. The first-order valence-corrected chi connectivity index (χ1v) is 7.35. The van der Waals surface area contributed by atoms with Crippen LogP contribution < -0.4 is 10.1 Å². The van der Waals surface area contributed by atoms with Crippen LogP contribution in [0.15, 0.2) is 48.5 Å². The van der Waals surface area contributed by atoms with Gasteiger partial charge in [-0.3, -0.25) is 14.9 Å². The molecular weight excluding hydrogens is 320 g/mol. The Labute approximate surface area is 138 Å². The number of para-hydroxylation sites is 1. The van der Waals surface area contributed by atoms with Crippen molar-refractivity contribution in [3.05, 3.63) is 63.7 Å². The maximum Gasteiger partial charge on any atom is 0.294 e. The Bertz CT molecular complexity index is 692. The Balaban J connectivity index is 1.82. The second-order valence-corrected chi connectivity index (χ2v) is 5.17. The van der Waals surface area contributed by atoms with E-state index >= 15 is 0 Å². The highest BCUT2D eigenvalue weighted by atomic mass is 35.5. The molecule has 2 rings (SSSR count). The molecule has 0 aromatic heterocycles. The minimum atomic E-state index is -0.583. The molecule has 0 saturated carbocycles. The van der Waals surface area contributed by atoms with E-state index in [1.165, 1.54) is 18.2 Å². The number of amides is 1. The predicted molar refractivity (Wildman–Crippen MR) is 87.9 cm³/mol. The van der Waals surface area contributed by atoms with Crippen LogP contribution in [0.3, 0.4) is 0 Å². The quantitative estimate of drug-likeness (QED) is 0.470. The van der Waals surface area contributed by atoms with Crippen LogP contribution in [0.1, 0.15) is 12.8 Å². The fraction of sp³-hybridized carbons (Fsp3) is 0.188. The Morgan fingerprint density at radius 2 is 1.96 bits per heavy atom. The van der Waals surface area contributed by atoms with Crippen LogP contribution in [0.4, 0.5) is 11.4 Å². The summed E-state index contributed by atoms with van der Waals surface area (Å²) in [7, 11) is 0. The zero-order valence-electron chi connectivity index (χ0n) is 12.2. The molecule has 1 N–H and O–H groups in total. The number of anilines is 1. The second-order valence-electron chi connectivity index (χ2n) is 4.73. The van der Waals surface area contributed by atoms with Crippen molar-refractivity contribution in [2.75, 3.05) is 11.9 Å². The Kier molecular flexibility index (Phi) is 5.94. The number of hydrogen-bond acceptors (Lipinski definition) is 4. The molecule has 2 aromatic rings. The van der Waals surface area contributed by atoms with E-state index in [1.54, 1.807) is 0 Å². The fourth-order valence-corrected chi connectivity index (χ4v) is 2.08. The summed E-state index contributed by atoms with van der Waals surface area (Å²) in [5.41, 5.74) is -0.0974. The predicted octanol–water partition coefficient (Wildman–Crippen LogP) is 4.05. The standard InChI is InChI=1S/C16H15ClN2O4/c17-12-8-9-14(15(11-12)19(21)22)18-16(20)7-4-10-23-13-5-2-1-3-6-13/h1-3,5-6,8-9,11H,4,7,10H2,(H,18,20). The van der Waals surface area contributed by atoms with Crippen LogP contribution in [-0.2, 0) is 4.79 Å². The first kappa shape index (κ1) is 16.8. The van der Waals surface area contributed by atoms with Crippen molar-refractivity contribution in [1.29, 1.82) is 0 Å². The van der Waals surface area contributed by atoms with E-state index < -0.39 is 4.92 Å². The topological polar surface area (TPSA) is 81.5 Å². The summed E-state index contributed by atoms with van der Waals surface area (Å²) >= 11 is 5.72. The van der Waals surface area contributed by atoms with Gasteiger partial charge in [0.05, 0.1) is 11.5 Å². The molecule has 0 fully saturated rings. The number of nitro benzene ring substituents is 1. The van der Waals surface area contributed by atoms with E-state index in [-0.39, 0.29) is 28.7 Å². The molecule has 0 aliphatic rings. The lowest BCUT2D eigenvalue weighted by atomic mass is 10.2. The number of nitrogens with zero attached hydrogens (tertiary/aromatic N) is 1. The number of carbonyl (C=O) groups excluding carboxylic acids is 1. The molecular formula is C16H15ClN2O4. The highest BCUT2D eigenvalue weighted by molar-refractivity contribution is 6.31. The van der Waals surface area contributed by atoms with Gasteiger partial charge in [0.1, 0.15) is 11.4 Å². The summed E-state index contributed by atoms with van der Waals surface area (Å²) in [4.78, 5) is 22.2. The SMILES string of the molecule is O=C(CCCOc1ccccc1)Nc1ccc(Cl)cc1[N+](=O)[O-]. The minimum absolute atomic E-state index is 0.133. The summed E-state index contributed by atoms with van der Waals surface area (Å²) in [6, 6.07) is 13.4. The molecule has 6 nitrogen and oxygen atoms in total. The zero-order valence-corrected chi connectivity index (χ0v) is 13.0. The number of carbonyl (C=O) groups is 1. The van der Waals surface area contributed by atoms with Crippen molar-refractivity contribution < 1.29 is 14.5 Å². The lowest BCUT2D eigenvalue weighted by Crippen LogP contribution is -2.14. The third-order valence-corrected chi connectivity index (χ3v) is 3.23. The van der Waals surface area contributed by atoms with Gasteiger partial charge in [-0.05, 0) is 30.7 Å². The van der Waals surface area contributed by atoms with Crippen LogP contribution in [-0.4, -0.2) is 17.4 Å². The number of benzene rings is 2. The minimum Gasteiger partial charge on any atom is -0.494 e. The number of rotatable bonds is 7. The molecule has 0 unspecified atom stereocenters. The van der Waals surface area contributed by atoms with Gasteiger partial charge in [0.25, 0.3) is 5.69 Å². The van der Waals surface area contributed by atoms with Crippen molar-refractivity contribution in [3.63, 3.8) is 0 Å². The van der Waals surface area contributed by atoms with Crippen molar-refractivity contribution in [2.24, 2.45) is 0 Å². The van der Waals surface area contributed by atoms with E-state index in [4.69, 9.17) is 16.3 Å². The third-order valence-electron chi connectivity index (χ3n) is 2.99. The van der Waals surface area contributed by atoms with Crippen LogP contribution >= 0.6 is 11.6 Å². The van der Waals surface area contributed by atoms with Crippen LogP contribution in [0.2, 0.25) is 5.02 Å². The van der Waals surface area contributed by atoms with Gasteiger partial charge in [-0.15, -0.1) is 0 Å². The van der Waals surface area contributed by atoms with Crippen molar-refractivity contribution in [2.45, 2.75) is 12.8 Å². The largest absolute Gasteiger partial charge is 0.494 e. The maximum atomic E-state index is 11.9. The van der Waals surface area contributed by atoms with E-state index in [0.29, 0.717) is 13.0 Å². The molecule has 7 heteroatoms. The fourth-order valence-electron chi connectivity index (χ4n) is 1.91. The van der Waals surface area contributed by atoms with Crippen LogP contribution in [0.5, 0.6) is 5.75 Å². The summed E-state index contributed by atoms with van der Waals surface area (Å²) in [6.45, 7) is 0.389. The van der Waals surface area contributed by atoms with Gasteiger partial charge in [0.15, 0.2) is 0 Å². The lowest BCUT2D eigenvalue weighted by Gasteiger charge is -2.07. The zero-order chi connectivity index (χ0) is 16.7. The van der Waals surface area contributed by atoms with Crippen molar-refractivity contribution in [3.8, 4) is 5.75 Å². The molecule has 0 spiro atoms. The van der Waals surface area contributed by atoms with Gasteiger partial charge in [-0.25, -0.2) is 0 Å². The number of hydrogen-bond donors (Lipinski definition) is 1. The van der Waals surface area contributed by atoms with E-state index in [9.17, 15) is 14.9 Å². The average molecular weight is 335 g/mol. The van der Waals surface area contributed by atoms with E-state index in [0.717, 1.165) is 5.75 Å². The van der Waals surface area contributed by atoms with Gasteiger partial charge in [-0.2, -0.15) is 0 Å². The van der Waals surface area contributed by atoms with E-state index in [2.05, 4.69) is 5.32 Å². The third kappa shape index (κ3) is 5.27. The first-order valence-electron chi connectivity index (χ1n) is 6.98.